The lowest BCUT2D eigenvalue weighted by Gasteiger charge is -1.84. The summed E-state index contributed by atoms with van der Waals surface area (Å²) in [5.74, 6) is -0.893. The summed E-state index contributed by atoms with van der Waals surface area (Å²) in [4.78, 5) is 14.3. The normalized spacial score (nSPS) is 10.7. The third-order valence-corrected chi connectivity index (χ3v) is 1.47. The third kappa shape index (κ3) is 1.05. The van der Waals surface area contributed by atoms with Crippen molar-refractivity contribution in [3.63, 3.8) is 0 Å². The first-order chi connectivity index (χ1) is 5.75. The van der Waals surface area contributed by atoms with E-state index in [0.717, 1.165) is 0 Å². The fourth-order valence-corrected chi connectivity index (χ4v) is 1.02. The third-order valence-electron chi connectivity index (χ3n) is 1.47. The lowest BCUT2D eigenvalue weighted by Crippen LogP contribution is -1.99. The molecule has 0 aliphatic rings. The van der Waals surface area contributed by atoms with Gasteiger partial charge in [-0.25, -0.2) is 4.98 Å². The number of hydrogen-bond donors (Lipinski definition) is 1. The highest BCUT2D eigenvalue weighted by molar-refractivity contribution is 5.69. The minimum absolute atomic E-state index is 0.0722. The lowest BCUT2D eigenvalue weighted by molar-refractivity contribution is -0.136. The molecule has 1 N–H and O–H groups in total. The first kappa shape index (κ1) is 6.90. The van der Waals surface area contributed by atoms with E-state index < -0.39 is 5.97 Å². The van der Waals surface area contributed by atoms with E-state index in [1.807, 2.05) is 0 Å². The molecule has 0 aliphatic heterocycles. The zero-order valence-electron chi connectivity index (χ0n) is 6.10. The summed E-state index contributed by atoms with van der Waals surface area (Å²) < 4.78 is 6.37. The Morgan fingerprint density at radius 2 is 2.58 bits per heavy atom. The van der Waals surface area contributed by atoms with E-state index in [2.05, 4.69) is 4.98 Å². The Morgan fingerprint density at radius 1 is 1.75 bits per heavy atom. The molecule has 2 aromatic rings. The SMILES string of the molecule is O=C(O)Cc1cn2occc2n1. The maximum absolute atomic E-state index is 10.3. The van der Waals surface area contributed by atoms with Crippen LogP contribution in [-0.2, 0) is 11.2 Å². The molecule has 0 aliphatic carbocycles. The van der Waals surface area contributed by atoms with Crippen LogP contribution in [0.5, 0.6) is 0 Å². The van der Waals surface area contributed by atoms with Gasteiger partial charge in [0.25, 0.3) is 0 Å². The monoisotopic (exact) mass is 166 g/mol. The summed E-state index contributed by atoms with van der Waals surface area (Å²) >= 11 is 0. The molecule has 0 spiro atoms. The summed E-state index contributed by atoms with van der Waals surface area (Å²) in [6, 6.07) is 1.67. The van der Waals surface area contributed by atoms with Gasteiger partial charge in [0.05, 0.1) is 18.3 Å². The number of aliphatic carboxylic acids is 1. The molecule has 0 atom stereocenters. The van der Waals surface area contributed by atoms with Crippen LogP contribution < -0.4 is 0 Å². The summed E-state index contributed by atoms with van der Waals surface area (Å²) in [5, 5.41) is 8.45. The Hall–Kier alpha value is -1.78. The molecule has 0 aromatic carbocycles. The molecule has 0 saturated carbocycles. The second kappa shape index (κ2) is 2.37. The van der Waals surface area contributed by atoms with Crippen LogP contribution in [-0.4, -0.2) is 20.6 Å². The fourth-order valence-electron chi connectivity index (χ4n) is 1.02. The predicted molar refractivity (Wildman–Crippen MR) is 38.8 cm³/mol. The second-order valence-electron chi connectivity index (χ2n) is 2.39. The van der Waals surface area contributed by atoms with Crippen LogP contribution in [0.15, 0.2) is 23.0 Å². The van der Waals surface area contributed by atoms with Crippen LogP contribution in [0.1, 0.15) is 5.69 Å². The van der Waals surface area contributed by atoms with E-state index in [1.54, 1.807) is 12.3 Å². The first-order valence-electron chi connectivity index (χ1n) is 3.39. The molecule has 5 heteroatoms. The van der Waals surface area contributed by atoms with Crippen LogP contribution in [0, 0.1) is 0 Å². The Morgan fingerprint density at radius 3 is 3.25 bits per heavy atom. The average Bonchev–Trinajstić information content (AvgIpc) is 2.43. The number of rotatable bonds is 2. The van der Waals surface area contributed by atoms with Gasteiger partial charge >= 0.3 is 5.97 Å². The van der Waals surface area contributed by atoms with Gasteiger partial charge < -0.3 is 9.63 Å². The van der Waals surface area contributed by atoms with Crippen molar-refractivity contribution in [1.82, 2.24) is 9.56 Å². The van der Waals surface area contributed by atoms with E-state index in [1.165, 1.54) is 10.8 Å². The molecular formula is C7H6N2O3. The molecule has 0 unspecified atom stereocenters. The first-order valence-corrected chi connectivity index (χ1v) is 3.39. The zero-order chi connectivity index (χ0) is 8.55. The Kier molecular flexibility index (Phi) is 1.36. The Bertz CT molecular complexity index is 386. The highest BCUT2D eigenvalue weighted by Gasteiger charge is 2.06. The van der Waals surface area contributed by atoms with Crippen molar-refractivity contribution in [2.75, 3.05) is 0 Å². The lowest BCUT2D eigenvalue weighted by atomic mass is 10.3. The molecule has 2 aromatic heterocycles. The highest BCUT2D eigenvalue weighted by atomic mass is 16.5. The molecule has 0 radical (unpaired) electrons. The maximum atomic E-state index is 10.3. The largest absolute Gasteiger partial charge is 0.481 e. The van der Waals surface area contributed by atoms with Crippen molar-refractivity contribution < 1.29 is 14.4 Å². The molecule has 0 amide bonds. The van der Waals surface area contributed by atoms with Crippen LogP contribution >= 0.6 is 0 Å². The topological polar surface area (TPSA) is 67.7 Å². The summed E-state index contributed by atoms with van der Waals surface area (Å²) in [7, 11) is 0. The molecule has 62 valence electrons. The number of aromatic nitrogens is 2. The van der Waals surface area contributed by atoms with Crippen molar-refractivity contribution in [2.45, 2.75) is 6.42 Å². The van der Waals surface area contributed by atoms with E-state index in [4.69, 9.17) is 9.63 Å². The molecule has 2 heterocycles. The maximum Gasteiger partial charge on any atom is 0.309 e. The van der Waals surface area contributed by atoms with E-state index >= 15 is 0 Å². The quantitative estimate of drug-likeness (QED) is 0.707. The van der Waals surface area contributed by atoms with E-state index in [0.29, 0.717) is 11.3 Å². The minimum Gasteiger partial charge on any atom is -0.481 e. The van der Waals surface area contributed by atoms with E-state index in [-0.39, 0.29) is 6.42 Å². The predicted octanol–water partition coefficient (Wildman–Crippen LogP) is 0.554. The summed E-state index contributed by atoms with van der Waals surface area (Å²) in [6.07, 6.45) is 2.98. The van der Waals surface area contributed by atoms with Gasteiger partial charge in [-0.1, -0.05) is 0 Å². The van der Waals surface area contributed by atoms with E-state index in [9.17, 15) is 4.79 Å². The highest BCUT2D eigenvalue weighted by Crippen LogP contribution is 2.05. The van der Waals surface area contributed by atoms with Gasteiger partial charge in [0.1, 0.15) is 6.26 Å². The van der Waals surface area contributed by atoms with Crippen molar-refractivity contribution in [2.24, 2.45) is 0 Å². The van der Waals surface area contributed by atoms with Crippen molar-refractivity contribution in [1.29, 1.82) is 0 Å². The second-order valence-corrected chi connectivity index (χ2v) is 2.39. The van der Waals surface area contributed by atoms with Gasteiger partial charge in [0.15, 0.2) is 5.65 Å². The molecule has 5 nitrogen and oxygen atoms in total. The molecule has 12 heavy (non-hydrogen) atoms. The molecule has 0 bridgehead atoms. The standard InChI is InChI=1S/C7H6N2O3/c10-7(11)3-5-4-9-6(8-5)1-2-12-9/h1-2,4H,3H2,(H,10,11). The van der Waals surface area contributed by atoms with Gasteiger partial charge in [-0.05, 0) is 0 Å². The number of hydrogen-bond acceptors (Lipinski definition) is 3. The number of carbonyl (C=O) groups is 1. The van der Waals surface area contributed by atoms with Crippen molar-refractivity contribution in [3.05, 3.63) is 24.2 Å². The molecular weight excluding hydrogens is 160 g/mol. The Balaban J connectivity index is 2.38. The number of carboxylic acids is 1. The summed E-state index contributed by atoms with van der Waals surface area (Å²) in [6.45, 7) is 0. The van der Waals surface area contributed by atoms with Crippen LogP contribution in [0.3, 0.4) is 0 Å². The molecule has 2 rings (SSSR count). The van der Waals surface area contributed by atoms with Gasteiger partial charge in [-0.15, -0.1) is 0 Å². The average molecular weight is 166 g/mol. The van der Waals surface area contributed by atoms with Gasteiger partial charge in [0.2, 0.25) is 0 Å². The van der Waals surface area contributed by atoms with Crippen LogP contribution in [0.25, 0.3) is 5.65 Å². The molecule has 0 fully saturated rings. The molecule has 0 saturated heterocycles. The number of nitrogens with zero attached hydrogens (tertiary/aromatic N) is 2. The van der Waals surface area contributed by atoms with Gasteiger partial charge in [-0.3, -0.25) is 4.79 Å². The van der Waals surface area contributed by atoms with Crippen molar-refractivity contribution >= 4 is 11.6 Å². The number of carboxylic acid groups (broad SMARTS) is 1. The summed E-state index contributed by atoms with van der Waals surface area (Å²) in [5.41, 5.74) is 1.13. The fraction of sp³-hybridized carbons (Fsp3) is 0.143. The Labute approximate surface area is 67.2 Å². The van der Waals surface area contributed by atoms with Crippen LogP contribution in [0.2, 0.25) is 0 Å². The van der Waals surface area contributed by atoms with Gasteiger partial charge in [-0.2, -0.15) is 4.57 Å². The minimum atomic E-state index is -0.893. The number of imidazole rings is 1. The van der Waals surface area contributed by atoms with Crippen molar-refractivity contribution in [3.8, 4) is 0 Å². The van der Waals surface area contributed by atoms with Gasteiger partial charge in [0, 0.05) is 6.07 Å². The zero-order valence-corrected chi connectivity index (χ0v) is 6.10. The number of fused-ring (bicyclic) bond motifs is 1. The smallest absolute Gasteiger partial charge is 0.309 e. The van der Waals surface area contributed by atoms with Crippen LogP contribution in [0.4, 0.5) is 0 Å².